The van der Waals surface area contributed by atoms with E-state index < -0.39 is 9.84 Å². The Balaban J connectivity index is 2.06. The van der Waals surface area contributed by atoms with Crippen LogP contribution in [0.1, 0.15) is 12.8 Å². The fourth-order valence-corrected chi connectivity index (χ4v) is 2.91. The molecule has 106 valence electrons. The molecule has 1 aromatic carbocycles. The maximum Gasteiger partial charge on any atom is 0.175 e. The van der Waals surface area contributed by atoms with Crippen molar-refractivity contribution in [2.45, 2.75) is 17.7 Å². The molecule has 0 unspecified atom stereocenters. The lowest BCUT2D eigenvalue weighted by Crippen LogP contribution is -2.22. The fraction of sp³-hybridized carbons (Fsp3) is 0.538. The number of halogens is 1. The SMILES string of the molecule is CS(=O)(=O)c1ccc(Cl)c(NCC2CCOCC2)c1. The second kappa shape index (κ2) is 6.11. The zero-order valence-corrected chi connectivity index (χ0v) is 12.4. The van der Waals surface area contributed by atoms with Crippen molar-refractivity contribution < 1.29 is 13.2 Å². The van der Waals surface area contributed by atoms with Crippen molar-refractivity contribution in [3.63, 3.8) is 0 Å². The van der Waals surface area contributed by atoms with Gasteiger partial charge in [0.05, 0.1) is 15.6 Å². The summed E-state index contributed by atoms with van der Waals surface area (Å²) >= 11 is 6.08. The molecule has 1 saturated heterocycles. The Kier molecular flexibility index (Phi) is 4.71. The molecular weight excluding hydrogens is 286 g/mol. The monoisotopic (exact) mass is 303 g/mol. The van der Waals surface area contributed by atoms with Crippen LogP contribution in [0.25, 0.3) is 0 Å². The fourth-order valence-electron chi connectivity index (χ4n) is 2.08. The van der Waals surface area contributed by atoms with E-state index in [-0.39, 0.29) is 4.90 Å². The minimum Gasteiger partial charge on any atom is -0.384 e. The molecule has 1 N–H and O–H groups in total. The molecule has 19 heavy (non-hydrogen) atoms. The second-order valence-electron chi connectivity index (χ2n) is 4.85. The zero-order chi connectivity index (χ0) is 13.9. The van der Waals surface area contributed by atoms with Gasteiger partial charge in [0, 0.05) is 26.0 Å². The van der Waals surface area contributed by atoms with Gasteiger partial charge in [-0.15, -0.1) is 0 Å². The van der Waals surface area contributed by atoms with Crippen molar-refractivity contribution in [3.8, 4) is 0 Å². The molecule has 0 saturated carbocycles. The highest BCUT2D eigenvalue weighted by Crippen LogP contribution is 2.26. The summed E-state index contributed by atoms with van der Waals surface area (Å²) in [6.07, 6.45) is 3.24. The zero-order valence-electron chi connectivity index (χ0n) is 10.9. The molecule has 1 fully saturated rings. The van der Waals surface area contributed by atoms with E-state index in [4.69, 9.17) is 16.3 Å². The summed E-state index contributed by atoms with van der Waals surface area (Å²) in [5.74, 6) is 0.548. The van der Waals surface area contributed by atoms with E-state index in [2.05, 4.69) is 5.32 Å². The number of nitrogens with one attached hydrogen (secondary N) is 1. The van der Waals surface area contributed by atoms with E-state index in [0.717, 1.165) is 32.6 Å². The summed E-state index contributed by atoms with van der Waals surface area (Å²) in [5, 5.41) is 3.78. The molecule has 1 aliphatic rings. The summed E-state index contributed by atoms with van der Waals surface area (Å²) in [6.45, 7) is 2.38. The molecule has 0 aliphatic carbocycles. The largest absolute Gasteiger partial charge is 0.384 e. The molecule has 2 rings (SSSR count). The number of hydrogen-bond acceptors (Lipinski definition) is 4. The van der Waals surface area contributed by atoms with Gasteiger partial charge < -0.3 is 10.1 Å². The Bertz CT molecular complexity index is 539. The molecule has 1 heterocycles. The van der Waals surface area contributed by atoms with Crippen LogP contribution in [0.2, 0.25) is 5.02 Å². The minimum absolute atomic E-state index is 0.284. The summed E-state index contributed by atoms with van der Waals surface area (Å²) in [4.78, 5) is 0.284. The van der Waals surface area contributed by atoms with E-state index >= 15 is 0 Å². The second-order valence-corrected chi connectivity index (χ2v) is 7.27. The Morgan fingerprint density at radius 3 is 2.68 bits per heavy atom. The van der Waals surface area contributed by atoms with Gasteiger partial charge in [-0.3, -0.25) is 0 Å². The third kappa shape index (κ3) is 4.09. The Morgan fingerprint density at radius 1 is 1.37 bits per heavy atom. The molecule has 0 amide bonds. The van der Waals surface area contributed by atoms with Gasteiger partial charge >= 0.3 is 0 Å². The summed E-state index contributed by atoms with van der Waals surface area (Å²) in [7, 11) is -3.20. The van der Waals surface area contributed by atoms with Crippen LogP contribution in [0.4, 0.5) is 5.69 Å². The van der Waals surface area contributed by atoms with Crippen LogP contribution >= 0.6 is 11.6 Å². The standard InChI is InChI=1S/C13H18ClNO3S/c1-19(16,17)11-2-3-12(14)13(8-11)15-9-10-4-6-18-7-5-10/h2-3,8,10,15H,4-7,9H2,1H3. The minimum atomic E-state index is -3.20. The van der Waals surface area contributed by atoms with Crippen LogP contribution < -0.4 is 5.32 Å². The number of benzene rings is 1. The normalized spacial score (nSPS) is 17.4. The molecule has 0 aromatic heterocycles. The number of anilines is 1. The number of hydrogen-bond donors (Lipinski definition) is 1. The molecule has 1 aromatic rings. The first kappa shape index (κ1) is 14.6. The maximum absolute atomic E-state index is 11.5. The lowest BCUT2D eigenvalue weighted by Gasteiger charge is -2.23. The molecule has 6 heteroatoms. The first-order chi connectivity index (χ1) is 8.97. The van der Waals surface area contributed by atoms with Gasteiger partial charge in [-0.2, -0.15) is 0 Å². The van der Waals surface area contributed by atoms with E-state index in [1.54, 1.807) is 12.1 Å². The van der Waals surface area contributed by atoms with Gasteiger partial charge in [-0.05, 0) is 37.0 Å². The summed E-state index contributed by atoms with van der Waals surface area (Å²) < 4.78 is 28.3. The van der Waals surface area contributed by atoms with Crippen LogP contribution in [-0.2, 0) is 14.6 Å². The highest BCUT2D eigenvalue weighted by molar-refractivity contribution is 7.90. The van der Waals surface area contributed by atoms with Gasteiger partial charge in [-0.25, -0.2) is 8.42 Å². The van der Waals surface area contributed by atoms with Gasteiger partial charge in [0.1, 0.15) is 0 Å². The van der Waals surface area contributed by atoms with Gasteiger partial charge in [0.2, 0.25) is 0 Å². The topological polar surface area (TPSA) is 55.4 Å². The highest BCUT2D eigenvalue weighted by atomic mass is 35.5. The van der Waals surface area contributed by atoms with Crippen molar-refractivity contribution in [1.82, 2.24) is 0 Å². The van der Waals surface area contributed by atoms with E-state index in [1.165, 1.54) is 12.3 Å². The van der Waals surface area contributed by atoms with Crippen LogP contribution in [0, 0.1) is 5.92 Å². The van der Waals surface area contributed by atoms with Crippen molar-refractivity contribution in [2.24, 2.45) is 5.92 Å². The van der Waals surface area contributed by atoms with Crippen LogP contribution in [0.3, 0.4) is 0 Å². The molecule has 1 aliphatic heterocycles. The smallest absolute Gasteiger partial charge is 0.175 e. The predicted octanol–water partition coefficient (Wildman–Crippen LogP) is 2.58. The van der Waals surface area contributed by atoms with Crippen molar-refractivity contribution in [2.75, 3.05) is 31.3 Å². The van der Waals surface area contributed by atoms with Crippen molar-refractivity contribution in [3.05, 3.63) is 23.2 Å². The molecule has 4 nitrogen and oxygen atoms in total. The molecule has 0 atom stereocenters. The Morgan fingerprint density at radius 2 is 2.05 bits per heavy atom. The van der Waals surface area contributed by atoms with Gasteiger partial charge in [-0.1, -0.05) is 11.6 Å². The number of sulfone groups is 1. The third-order valence-corrected chi connectivity index (χ3v) is 4.73. The summed E-state index contributed by atoms with van der Waals surface area (Å²) in [6, 6.07) is 4.73. The van der Waals surface area contributed by atoms with E-state index in [0.29, 0.717) is 16.6 Å². The van der Waals surface area contributed by atoms with E-state index in [9.17, 15) is 8.42 Å². The van der Waals surface area contributed by atoms with Gasteiger partial charge in [0.25, 0.3) is 0 Å². The van der Waals surface area contributed by atoms with Crippen LogP contribution in [-0.4, -0.2) is 34.4 Å². The van der Waals surface area contributed by atoms with Crippen molar-refractivity contribution in [1.29, 1.82) is 0 Å². The van der Waals surface area contributed by atoms with Crippen LogP contribution in [0.5, 0.6) is 0 Å². The number of ether oxygens (including phenoxy) is 1. The summed E-state index contributed by atoms with van der Waals surface area (Å²) in [5.41, 5.74) is 0.677. The lowest BCUT2D eigenvalue weighted by molar-refractivity contribution is 0.0699. The first-order valence-corrected chi connectivity index (χ1v) is 8.55. The quantitative estimate of drug-likeness (QED) is 0.929. The van der Waals surface area contributed by atoms with Gasteiger partial charge in [0.15, 0.2) is 9.84 Å². The van der Waals surface area contributed by atoms with Crippen molar-refractivity contribution >= 4 is 27.1 Å². The highest BCUT2D eigenvalue weighted by Gasteiger charge is 2.15. The average molecular weight is 304 g/mol. The first-order valence-electron chi connectivity index (χ1n) is 6.28. The Hall–Kier alpha value is -0.780. The lowest BCUT2D eigenvalue weighted by atomic mass is 10.0. The molecule has 0 spiro atoms. The average Bonchev–Trinajstić information content (AvgIpc) is 2.37. The maximum atomic E-state index is 11.5. The predicted molar refractivity (Wildman–Crippen MR) is 76.6 cm³/mol. The molecule has 0 radical (unpaired) electrons. The third-order valence-electron chi connectivity index (χ3n) is 3.29. The molecular formula is C13H18ClNO3S. The number of rotatable bonds is 4. The Labute approximate surface area is 119 Å². The van der Waals surface area contributed by atoms with Crippen LogP contribution in [0.15, 0.2) is 23.1 Å². The van der Waals surface area contributed by atoms with E-state index in [1.807, 2.05) is 0 Å². The molecule has 0 bridgehead atoms.